The van der Waals surface area contributed by atoms with Crippen LogP contribution in [0.4, 0.5) is 0 Å². The summed E-state index contributed by atoms with van der Waals surface area (Å²) in [6.45, 7) is 0. The minimum Gasteiger partial charge on any atom is -0.490 e. The van der Waals surface area contributed by atoms with E-state index < -0.39 is 5.54 Å². The van der Waals surface area contributed by atoms with Crippen LogP contribution in [0.2, 0.25) is 0 Å². The molecule has 2 aromatic rings. The Morgan fingerprint density at radius 3 is 3.03 bits per heavy atom. The molecule has 29 heavy (non-hydrogen) atoms. The van der Waals surface area contributed by atoms with Gasteiger partial charge in [-0.25, -0.2) is 9.98 Å². The minimum absolute atomic E-state index is 0.0574. The minimum atomic E-state index is -0.412. The fourth-order valence-electron chi connectivity index (χ4n) is 4.79. The van der Waals surface area contributed by atoms with Crippen LogP contribution in [0.1, 0.15) is 35.3 Å². The first-order valence-electron chi connectivity index (χ1n) is 9.68. The zero-order valence-electron chi connectivity index (χ0n) is 16.0. The van der Waals surface area contributed by atoms with E-state index in [0.29, 0.717) is 10.9 Å². The van der Waals surface area contributed by atoms with Gasteiger partial charge in [0.05, 0.1) is 6.33 Å². The van der Waals surface area contributed by atoms with E-state index >= 15 is 0 Å². The van der Waals surface area contributed by atoms with Crippen molar-refractivity contribution in [3.63, 3.8) is 0 Å². The third kappa shape index (κ3) is 3.24. The molecule has 1 aliphatic carbocycles. The number of benzene rings is 1. The number of nitrogens with one attached hydrogen (secondary N) is 1. The van der Waals surface area contributed by atoms with Crippen molar-refractivity contribution in [2.24, 2.45) is 23.7 Å². The van der Waals surface area contributed by atoms with E-state index in [1.807, 2.05) is 19.2 Å². The fourth-order valence-corrected chi connectivity index (χ4v) is 6.18. The summed E-state index contributed by atoms with van der Waals surface area (Å²) in [5.41, 5.74) is 7.24. The number of halogens is 1. The van der Waals surface area contributed by atoms with Crippen LogP contribution in [-0.4, -0.2) is 38.5 Å². The number of aromatic nitrogens is 2. The maximum atomic E-state index is 12.6. The molecule has 1 aromatic heterocycles. The molecule has 7 nitrogen and oxygen atoms in total. The SMILES string of the molecule is Cn1cnc(C(=O)NC2CC[C@@H]3Oc4ccc(Br)cc4C4(CSC(N)=N4)[C@H]3C2)c1. The fraction of sp³-hybridized carbons (Fsp3) is 0.450. The summed E-state index contributed by atoms with van der Waals surface area (Å²) in [5.74, 6) is 1.71. The normalized spacial score (nSPS) is 30.3. The predicted molar refractivity (Wildman–Crippen MR) is 116 cm³/mol. The highest BCUT2D eigenvalue weighted by Gasteiger charge is 2.54. The second-order valence-corrected chi connectivity index (χ2v) is 9.89. The van der Waals surface area contributed by atoms with Gasteiger partial charge in [0, 0.05) is 41.0 Å². The van der Waals surface area contributed by atoms with Crippen molar-refractivity contribution in [3.8, 4) is 5.75 Å². The van der Waals surface area contributed by atoms with Crippen LogP contribution >= 0.6 is 27.7 Å². The Labute approximate surface area is 181 Å². The smallest absolute Gasteiger partial charge is 0.271 e. The molecule has 3 N–H and O–H groups in total. The van der Waals surface area contributed by atoms with E-state index in [2.05, 4.69) is 32.3 Å². The van der Waals surface area contributed by atoms with Gasteiger partial charge >= 0.3 is 0 Å². The molecule has 0 bridgehead atoms. The zero-order valence-corrected chi connectivity index (χ0v) is 18.4. The molecule has 0 saturated heterocycles. The number of ether oxygens (including phenoxy) is 1. The third-order valence-corrected chi connectivity index (χ3v) is 7.57. The molecule has 1 aromatic carbocycles. The van der Waals surface area contributed by atoms with E-state index in [1.54, 1.807) is 28.9 Å². The number of nitrogens with zero attached hydrogens (tertiary/aromatic N) is 3. The Hall–Kier alpha value is -2.00. The summed E-state index contributed by atoms with van der Waals surface area (Å²) in [4.78, 5) is 21.7. The Bertz CT molecular complexity index is 1010. The van der Waals surface area contributed by atoms with Crippen LogP contribution in [0, 0.1) is 5.92 Å². The van der Waals surface area contributed by atoms with Gasteiger partial charge in [-0.2, -0.15) is 0 Å². The molecule has 4 atom stereocenters. The lowest BCUT2D eigenvalue weighted by molar-refractivity contribution is 0.0155. The molecule has 1 spiro atoms. The first-order valence-corrected chi connectivity index (χ1v) is 11.5. The van der Waals surface area contributed by atoms with Crippen molar-refractivity contribution in [1.29, 1.82) is 0 Å². The number of hydrogen-bond acceptors (Lipinski definition) is 6. The number of carbonyl (C=O) groups excluding carboxylic acids is 1. The second kappa shape index (κ2) is 7.05. The molecule has 0 radical (unpaired) electrons. The van der Waals surface area contributed by atoms with Gasteiger partial charge in [0.15, 0.2) is 5.17 Å². The summed E-state index contributed by atoms with van der Waals surface area (Å²) in [7, 11) is 1.86. The first-order chi connectivity index (χ1) is 13.9. The molecule has 3 aliphatic rings. The number of thioether (sulfide) groups is 1. The van der Waals surface area contributed by atoms with E-state index in [-0.39, 0.29) is 24.0 Å². The van der Waals surface area contributed by atoms with E-state index in [4.69, 9.17) is 15.5 Å². The second-order valence-electron chi connectivity index (χ2n) is 7.97. The van der Waals surface area contributed by atoms with Crippen molar-refractivity contribution in [3.05, 3.63) is 46.5 Å². The van der Waals surface area contributed by atoms with Crippen molar-refractivity contribution >= 4 is 38.8 Å². The highest BCUT2D eigenvalue weighted by Crippen LogP contribution is 2.54. The number of hydrogen-bond donors (Lipinski definition) is 2. The number of amides is 1. The Kier molecular flexibility index (Phi) is 4.62. The summed E-state index contributed by atoms with van der Waals surface area (Å²) in [5, 5.41) is 3.79. The van der Waals surface area contributed by atoms with Crippen LogP contribution < -0.4 is 15.8 Å². The Morgan fingerprint density at radius 1 is 1.45 bits per heavy atom. The number of fused-ring (bicyclic) bond motifs is 4. The van der Waals surface area contributed by atoms with Crippen LogP contribution in [0.5, 0.6) is 5.75 Å². The average molecular weight is 476 g/mol. The topological polar surface area (TPSA) is 94.5 Å². The maximum absolute atomic E-state index is 12.6. The van der Waals surface area contributed by atoms with Gasteiger partial charge in [0.1, 0.15) is 23.1 Å². The van der Waals surface area contributed by atoms with Crippen molar-refractivity contribution in [1.82, 2.24) is 14.9 Å². The quantitative estimate of drug-likeness (QED) is 0.696. The first kappa shape index (κ1) is 19.0. The lowest BCUT2D eigenvalue weighted by Crippen LogP contribution is -2.54. The number of nitrogens with two attached hydrogens (primary N) is 1. The average Bonchev–Trinajstić information content (AvgIpc) is 3.30. The number of amidine groups is 1. The van der Waals surface area contributed by atoms with Crippen molar-refractivity contribution in [2.75, 3.05) is 5.75 Å². The Morgan fingerprint density at radius 2 is 2.31 bits per heavy atom. The van der Waals surface area contributed by atoms with E-state index in [9.17, 15) is 4.79 Å². The summed E-state index contributed by atoms with van der Waals surface area (Å²) in [6, 6.07) is 6.17. The molecule has 1 amide bonds. The largest absolute Gasteiger partial charge is 0.490 e. The molecule has 5 rings (SSSR count). The third-order valence-electron chi connectivity index (χ3n) is 6.11. The molecule has 1 fully saturated rings. The molecule has 2 unspecified atom stereocenters. The van der Waals surface area contributed by atoms with Gasteiger partial charge in [-0.15, -0.1) is 0 Å². The van der Waals surface area contributed by atoms with Gasteiger partial charge in [-0.1, -0.05) is 27.7 Å². The van der Waals surface area contributed by atoms with Crippen LogP contribution in [0.15, 0.2) is 40.2 Å². The highest BCUT2D eigenvalue weighted by atomic mass is 79.9. The van der Waals surface area contributed by atoms with Gasteiger partial charge in [0.2, 0.25) is 0 Å². The van der Waals surface area contributed by atoms with Crippen LogP contribution in [0.25, 0.3) is 0 Å². The Balaban J connectivity index is 1.45. The van der Waals surface area contributed by atoms with Gasteiger partial charge in [-0.05, 0) is 37.5 Å². The van der Waals surface area contributed by atoms with Gasteiger partial charge in [0.25, 0.3) is 5.91 Å². The number of aryl methyl sites for hydroxylation is 1. The lowest BCUT2D eigenvalue weighted by atomic mass is 9.67. The number of rotatable bonds is 2. The number of aliphatic imine (C=N–C) groups is 1. The van der Waals surface area contributed by atoms with Gasteiger partial charge < -0.3 is 20.4 Å². The molecular formula is C20H22BrN5O2S. The molecule has 1 saturated carbocycles. The van der Waals surface area contributed by atoms with Crippen LogP contribution in [0.3, 0.4) is 0 Å². The molecule has 9 heteroatoms. The van der Waals surface area contributed by atoms with Crippen LogP contribution in [-0.2, 0) is 12.6 Å². The summed E-state index contributed by atoms with van der Waals surface area (Å²) < 4.78 is 9.16. The maximum Gasteiger partial charge on any atom is 0.271 e. The van der Waals surface area contributed by atoms with Crippen molar-refractivity contribution in [2.45, 2.75) is 36.9 Å². The number of imidazole rings is 1. The summed E-state index contributed by atoms with van der Waals surface area (Å²) >= 11 is 5.19. The molecule has 152 valence electrons. The molecule has 2 aliphatic heterocycles. The summed E-state index contributed by atoms with van der Waals surface area (Å²) in [6.07, 6.45) is 5.98. The zero-order chi connectivity index (χ0) is 20.2. The highest BCUT2D eigenvalue weighted by molar-refractivity contribution is 9.10. The number of carbonyl (C=O) groups is 1. The van der Waals surface area contributed by atoms with E-state index in [1.165, 1.54) is 0 Å². The molecular weight excluding hydrogens is 454 g/mol. The monoisotopic (exact) mass is 475 g/mol. The standard InChI is InChI=1S/C20H22BrN5O2S/c1-26-8-15(23-10-26)18(27)24-12-3-5-17-14(7-12)20(9-29-19(22)25-20)13-6-11(21)2-4-16(13)28-17/h2,4,6,8,10,12,14,17H,3,5,7,9H2,1H3,(H2,22,25)(H,24,27)/t12?,14-,17-,20?/m0/s1. The molecule has 3 heterocycles. The predicted octanol–water partition coefficient (Wildman–Crippen LogP) is 2.80. The lowest BCUT2D eigenvalue weighted by Gasteiger charge is -2.48. The van der Waals surface area contributed by atoms with E-state index in [0.717, 1.165) is 40.8 Å². The van der Waals surface area contributed by atoms with Crippen molar-refractivity contribution < 1.29 is 9.53 Å². The van der Waals surface area contributed by atoms with Gasteiger partial charge in [-0.3, -0.25) is 4.79 Å².